The molecule has 2 aromatic carbocycles. The van der Waals surface area contributed by atoms with Crippen molar-refractivity contribution in [1.82, 2.24) is 20.4 Å². The summed E-state index contributed by atoms with van der Waals surface area (Å²) in [7, 11) is 1.80. The lowest BCUT2D eigenvalue weighted by atomic mass is 10.1. The largest absolute Gasteiger partial charge is 0.352 e. The molecule has 8 heteroatoms. The first kappa shape index (κ1) is 21.8. The van der Waals surface area contributed by atoms with Gasteiger partial charge in [0, 0.05) is 31.4 Å². The highest BCUT2D eigenvalue weighted by molar-refractivity contribution is 6.40. The Labute approximate surface area is 180 Å². The highest BCUT2D eigenvalue weighted by atomic mass is 16.2. The van der Waals surface area contributed by atoms with E-state index in [1.807, 2.05) is 37.3 Å². The number of rotatable bonds is 7. The summed E-state index contributed by atoms with van der Waals surface area (Å²) in [5, 5.41) is 12.0. The van der Waals surface area contributed by atoms with E-state index in [0.29, 0.717) is 18.5 Å². The van der Waals surface area contributed by atoms with Gasteiger partial charge in [0.15, 0.2) is 0 Å². The van der Waals surface area contributed by atoms with Crippen molar-refractivity contribution in [3.63, 3.8) is 0 Å². The molecule has 3 N–H and O–H groups in total. The van der Waals surface area contributed by atoms with Gasteiger partial charge in [-0.25, -0.2) is 0 Å². The molecular formula is C23H25N5O3. The summed E-state index contributed by atoms with van der Waals surface area (Å²) in [6.07, 6.45) is 2.33. The average Bonchev–Trinajstić information content (AvgIpc) is 3.10. The molecule has 0 aliphatic heterocycles. The van der Waals surface area contributed by atoms with Crippen molar-refractivity contribution in [1.29, 1.82) is 0 Å². The molecule has 3 aromatic rings. The zero-order chi connectivity index (χ0) is 22.2. The number of carbonyl (C=O) groups is 3. The zero-order valence-electron chi connectivity index (χ0n) is 17.5. The fourth-order valence-corrected chi connectivity index (χ4v) is 3.00. The third kappa shape index (κ3) is 5.79. The number of hydrogen-bond donors (Lipinski definition) is 3. The van der Waals surface area contributed by atoms with E-state index >= 15 is 0 Å². The van der Waals surface area contributed by atoms with E-state index in [1.165, 1.54) is 0 Å². The molecule has 0 radical (unpaired) electrons. The van der Waals surface area contributed by atoms with Gasteiger partial charge in [-0.3, -0.25) is 19.1 Å². The second kappa shape index (κ2) is 10.2. The number of anilines is 1. The lowest BCUT2D eigenvalue weighted by Gasteiger charge is -2.11. The van der Waals surface area contributed by atoms with E-state index in [2.05, 4.69) is 21.0 Å². The van der Waals surface area contributed by atoms with Crippen LogP contribution in [0.5, 0.6) is 0 Å². The fourth-order valence-electron chi connectivity index (χ4n) is 3.00. The molecular weight excluding hydrogens is 394 g/mol. The fraction of sp³-hybridized carbons (Fsp3) is 0.217. The van der Waals surface area contributed by atoms with Gasteiger partial charge >= 0.3 is 11.8 Å². The number of amides is 3. The lowest BCUT2D eigenvalue weighted by molar-refractivity contribution is -0.136. The maximum Gasteiger partial charge on any atom is 0.313 e. The van der Waals surface area contributed by atoms with Crippen LogP contribution in [-0.4, -0.2) is 34.0 Å². The molecule has 0 saturated heterocycles. The molecule has 0 unspecified atom stereocenters. The molecule has 0 aliphatic rings. The first-order valence-electron chi connectivity index (χ1n) is 9.93. The van der Waals surface area contributed by atoms with Crippen LogP contribution in [0.2, 0.25) is 0 Å². The molecule has 3 rings (SSSR count). The Bertz CT molecular complexity index is 1080. The van der Waals surface area contributed by atoms with Crippen LogP contribution in [0.1, 0.15) is 27.2 Å². The Balaban J connectivity index is 1.56. The van der Waals surface area contributed by atoms with Crippen LogP contribution in [-0.2, 0) is 29.6 Å². The van der Waals surface area contributed by atoms with Gasteiger partial charge < -0.3 is 16.0 Å². The first-order valence-corrected chi connectivity index (χ1v) is 9.93. The Morgan fingerprint density at radius 1 is 0.935 bits per heavy atom. The van der Waals surface area contributed by atoms with E-state index in [1.54, 1.807) is 42.2 Å². The van der Waals surface area contributed by atoms with E-state index in [-0.39, 0.29) is 18.1 Å². The zero-order valence-corrected chi connectivity index (χ0v) is 17.5. The van der Waals surface area contributed by atoms with Crippen LogP contribution < -0.4 is 16.0 Å². The van der Waals surface area contributed by atoms with Crippen molar-refractivity contribution < 1.29 is 14.4 Å². The third-order valence-electron chi connectivity index (χ3n) is 4.94. The second-order valence-corrected chi connectivity index (χ2v) is 7.05. The summed E-state index contributed by atoms with van der Waals surface area (Å²) >= 11 is 0. The predicted molar refractivity (Wildman–Crippen MR) is 117 cm³/mol. The van der Waals surface area contributed by atoms with Crippen molar-refractivity contribution in [2.45, 2.75) is 19.9 Å². The van der Waals surface area contributed by atoms with Crippen molar-refractivity contribution >= 4 is 23.4 Å². The van der Waals surface area contributed by atoms with Gasteiger partial charge in [0.1, 0.15) is 0 Å². The normalized spacial score (nSPS) is 10.4. The minimum atomic E-state index is -0.842. The van der Waals surface area contributed by atoms with E-state index in [4.69, 9.17) is 0 Å². The van der Waals surface area contributed by atoms with Gasteiger partial charge in [0.05, 0.1) is 17.4 Å². The highest BCUT2D eigenvalue weighted by Gasteiger charge is 2.18. The van der Waals surface area contributed by atoms with Crippen LogP contribution >= 0.6 is 0 Å². The molecule has 8 nitrogen and oxygen atoms in total. The van der Waals surface area contributed by atoms with Gasteiger partial charge in [-0.05, 0) is 31.0 Å². The molecule has 0 fully saturated rings. The molecule has 3 amide bonds. The first-order chi connectivity index (χ1) is 15.0. The van der Waals surface area contributed by atoms with Crippen LogP contribution in [0.4, 0.5) is 5.69 Å². The van der Waals surface area contributed by atoms with Crippen molar-refractivity contribution in [2.75, 3.05) is 11.9 Å². The highest BCUT2D eigenvalue weighted by Crippen LogP contribution is 2.15. The number of benzene rings is 2. The van der Waals surface area contributed by atoms with Crippen LogP contribution in [0, 0.1) is 6.92 Å². The topological polar surface area (TPSA) is 105 Å². The Morgan fingerprint density at radius 3 is 2.35 bits per heavy atom. The quantitative estimate of drug-likeness (QED) is 0.509. The third-order valence-corrected chi connectivity index (χ3v) is 4.94. The standard InChI is InChI=1S/C23H25N5O3/c1-16-18(15-26-28(16)2)14-25-22(30)23(31)27-20-11-7-6-10-19(20)21(29)24-13-12-17-8-4-3-5-9-17/h3-11,15H,12-14H2,1-2H3,(H,24,29)(H,25,30)(H,27,31). The summed E-state index contributed by atoms with van der Waals surface area (Å²) in [6, 6.07) is 16.4. The van der Waals surface area contributed by atoms with Gasteiger partial charge in [0.2, 0.25) is 0 Å². The number of hydrogen-bond acceptors (Lipinski definition) is 4. The number of nitrogens with zero attached hydrogens (tertiary/aromatic N) is 2. The Kier molecular flexibility index (Phi) is 7.16. The number of para-hydroxylation sites is 1. The van der Waals surface area contributed by atoms with Crippen LogP contribution in [0.25, 0.3) is 0 Å². The van der Waals surface area contributed by atoms with Gasteiger partial charge in [0.25, 0.3) is 5.91 Å². The molecule has 0 saturated carbocycles. The average molecular weight is 419 g/mol. The van der Waals surface area contributed by atoms with E-state index in [9.17, 15) is 14.4 Å². The monoisotopic (exact) mass is 419 g/mol. The summed E-state index contributed by atoms with van der Waals surface area (Å²) < 4.78 is 1.69. The van der Waals surface area contributed by atoms with Crippen molar-refractivity contribution in [2.24, 2.45) is 7.05 Å². The molecule has 0 spiro atoms. The molecule has 0 bridgehead atoms. The van der Waals surface area contributed by atoms with E-state index < -0.39 is 11.8 Å². The van der Waals surface area contributed by atoms with Crippen LogP contribution in [0.15, 0.2) is 60.8 Å². The predicted octanol–water partition coefficient (Wildman–Crippen LogP) is 1.96. The number of nitrogens with one attached hydrogen (secondary N) is 3. The number of carbonyl (C=O) groups excluding carboxylic acids is 3. The number of aryl methyl sites for hydroxylation is 1. The smallest absolute Gasteiger partial charge is 0.313 e. The second-order valence-electron chi connectivity index (χ2n) is 7.05. The lowest BCUT2D eigenvalue weighted by Crippen LogP contribution is -2.36. The summed E-state index contributed by atoms with van der Waals surface area (Å²) in [5.74, 6) is -1.95. The van der Waals surface area contributed by atoms with Crippen molar-refractivity contribution in [3.05, 3.63) is 83.2 Å². The molecule has 0 atom stereocenters. The van der Waals surface area contributed by atoms with E-state index in [0.717, 1.165) is 16.8 Å². The molecule has 160 valence electrons. The van der Waals surface area contributed by atoms with Gasteiger partial charge in [-0.15, -0.1) is 0 Å². The molecule has 1 aromatic heterocycles. The van der Waals surface area contributed by atoms with Crippen molar-refractivity contribution in [3.8, 4) is 0 Å². The Hall–Kier alpha value is -3.94. The minimum Gasteiger partial charge on any atom is -0.352 e. The molecule has 1 heterocycles. The van der Waals surface area contributed by atoms with Crippen LogP contribution in [0.3, 0.4) is 0 Å². The SMILES string of the molecule is Cc1c(CNC(=O)C(=O)Nc2ccccc2C(=O)NCCc2ccccc2)cnn1C. The maximum atomic E-state index is 12.6. The van der Waals surface area contributed by atoms with Gasteiger partial charge in [-0.2, -0.15) is 5.10 Å². The number of aromatic nitrogens is 2. The van der Waals surface area contributed by atoms with Gasteiger partial charge in [-0.1, -0.05) is 42.5 Å². The molecule has 0 aliphatic carbocycles. The summed E-state index contributed by atoms with van der Waals surface area (Å²) in [6.45, 7) is 2.52. The summed E-state index contributed by atoms with van der Waals surface area (Å²) in [5.41, 5.74) is 3.40. The maximum absolute atomic E-state index is 12.6. The Morgan fingerprint density at radius 2 is 1.65 bits per heavy atom. The minimum absolute atomic E-state index is 0.188. The molecule has 31 heavy (non-hydrogen) atoms. The summed E-state index contributed by atoms with van der Waals surface area (Å²) in [4.78, 5) is 37.1.